The lowest BCUT2D eigenvalue weighted by Gasteiger charge is -2.26. The Bertz CT molecular complexity index is 131. The lowest BCUT2D eigenvalue weighted by atomic mass is 10.3. The van der Waals surface area contributed by atoms with Gasteiger partial charge in [0.15, 0.2) is 9.76 Å². The van der Waals surface area contributed by atoms with Crippen molar-refractivity contribution < 1.29 is 13.9 Å². The molecule has 0 amide bonds. The van der Waals surface area contributed by atoms with E-state index in [4.69, 9.17) is 13.9 Å². The summed E-state index contributed by atoms with van der Waals surface area (Å²) in [7, 11) is 2.59. The summed E-state index contributed by atoms with van der Waals surface area (Å²) in [6.45, 7) is 3.95. The van der Waals surface area contributed by atoms with Crippen molar-refractivity contribution in [2.45, 2.75) is 25.9 Å². The predicted octanol–water partition coefficient (Wildman–Crippen LogP) is 1.04. The van der Waals surface area contributed by atoms with Crippen molar-refractivity contribution in [3.63, 3.8) is 0 Å². The molecule has 0 aliphatic heterocycles. The Kier molecular flexibility index (Phi) is 7.07. The van der Waals surface area contributed by atoms with Crippen molar-refractivity contribution in [2.24, 2.45) is 5.92 Å². The quantitative estimate of drug-likeness (QED) is 0.398. The van der Waals surface area contributed by atoms with Gasteiger partial charge in [-0.15, -0.1) is 0 Å². The molecule has 0 aromatic heterocycles. The van der Waals surface area contributed by atoms with Crippen molar-refractivity contribution in [3.05, 3.63) is 0 Å². The molecule has 0 spiro atoms. The first kappa shape index (κ1) is 13.4. The van der Waals surface area contributed by atoms with Gasteiger partial charge in [-0.05, 0) is 17.7 Å². The van der Waals surface area contributed by atoms with E-state index in [1.165, 1.54) is 0 Å². The van der Waals surface area contributed by atoms with Gasteiger partial charge in [0, 0.05) is 21.1 Å². The molecule has 0 radical (unpaired) electrons. The van der Waals surface area contributed by atoms with Gasteiger partial charge in [-0.1, -0.05) is 6.92 Å². The van der Waals surface area contributed by atoms with Crippen LogP contribution in [0.3, 0.4) is 0 Å². The van der Waals surface area contributed by atoms with Crippen LogP contribution >= 0.6 is 12.6 Å². The lowest BCUT2D eigenvalue weighted by Crippen LogP contribution is -2.34. The Balaban J connectivity index is 3.61. The van der Waals surface area contributed by atoms with E-state index in [0.717, 1.165) is 11.8 Å². The zero-order valence-corrected chi connectivity index (χ0v) is 11.2. The third-order valence-corrected chi connectivity index (χ3v) is 4.60. The van der Waals surface area contributed by atoms with Gasteiger partial charge in [0.05, 0.1) is 0 Å². The summed E-state index contributed by atoms with van der Waals surface area (Å²) in [5.41, 5.74) is 0. The maximum atomic E-state index is 5.56. The van der Waals surface area contributed by atoms with Crippen LogP contribution in [0, 0.1) is 5.92 Å². The number of rotatable bonds is 7. The highest BCUT2D eigenvalue weighted by atomic mass is 32.1. The van der Waals surface area contributed by atoms with E-state index in [1.54, 1.807) is 21.1 Å². The molecular formula is C8H20O3SSi. The number of methoxy groups -OCH3 is 2. The van der Waals surface area contributed by atoms with Crippen LogP contribution in [0.15, 0.2) is 0 Å². The third kappa shape index (κ3) is 5.69. The van der Waals surface area contributed by atoms with Gasteiger partial charge in [-0.25, -0.2) is 0 Å². The van der Waals surface area contributed by atoms with E-state index < -0.39 is 15.7 Å². The molecule has 0 aliphatic carbocycles. The molecule has 0 aliphatic rings. The highest BCUT2D eigenvalue weighted by Crippen LogP contribution is 2.13. The third-order valence-electron chi connectivity index (χ3n) is 2.03. The summed E-state index contributed by atoms with van der Waals surface area (Å²) in [5, 5.41) is 0. The number of hydrogen-bond acceptors (Lipinski definition) is 4. The van der Waals surface area contributed by atoms with Crippen LogP contribution in [-0.4, -0.2) is 35.7 Å². The highest BCUT2D eigenvalue weighted by molar-refractivity contribution is 7.80. The maximum absolute atomic E-state index is 5.56. The molecule has 0 saturated heterocycles. The molecular weight excluding hydrogens is 204 g/mol. The van der Waals surface area contributed by atoms with Crippen LogP contribution < -0.4 is 0 Å². The van der Waals surface area contributed by atoms with Gasteiger partial charge in [-0.3, -0.25) is 0 Å². The second-order valence-corrected chi connectivity index (χ2v) is 4.83. The first-order chi connectivity index (χ1) is 6.08. The average molecular weight is 224 g/mol. The molecule has 80 valence electrons. The zero-order valence-electron chi connectivity index (χ0n) is 8.87. The van der Waals surface area contributed by atoms with E-state index in [1.807, 2.05) is 0 Å². The van der Waals surface area contributed by atoms with Crippen molar-refractivity contribution in [1.29, 1.82) is 0 Å². The molecule has 5 heteroatoms. The summed E-state index contributed by atoms with van der Waals surface area (Å²) in [6.07, 6.45) is 0. The van der Waals surface area contributed by atoms with Crippen LogP contribution in [0.2, 0.25) is 6.04 Å². The van der Waals surface area contributed by atoms with E-state index in [2.05, 4.69) is 19.6 Å². The number of ether oxygens (including phenoxy) is 2. The topological polar surface area (TPSA) is 27.7 Å². The summed E-state index contributed by atoms with van der Waals surface area (Å²) in [5.74, 6) is 0.684. The molecule has 0 aromatic carbocycles. The summed E-state index contributed by atoms with van der Waals surface area (Å²) < 4.78 is 15.7. The standard InChI is InChI=1S/C8H20O3SSi/c1-7(5-12)6-13-11-8(2,9-3)10-4/h7,12H,5-6,13H2,1-4H3. The lowest BCUT2D eigenvalue weighted by molar-refractivity contribution is -0.310. The fraction of sp³-hybridized carbons (Fsp3) is 1.00. The van der Waals surface area contributed by atoms with E-state index in [9.17, 15) is 0 Å². The van der Waals surface area contributed by atoms with Gasteiger partial charge < -0.3 is 13.9 Å². The Hall–Kier alpha value is 0.447. The Morgan fingerprint density at radius 3 is 2.31 bits per heavy atom. The Morgan fingerprint density at radius 2 is 1.92 bits per heavy atom. The highest BCUT2D eigenvalue weighted by Gasteiger charge is 2.22. The smallest absolute Gasteiger partial charge is 0.269 e. The van der Waals surface area contributed by atoms with Crippen LogP contribution in [0.5, 0.6) is 0 Å². The van der Waals surface area contributed by atoms with E-state index in [-0.39, 0.29) is 0 Å². The summed E-state index contributed by atoms with van der Waals surface area (Å²) in [4.78, 5) is 0. The van der Waals surface area contributed by atoms with E-state index >= 15 is 0 Å². The SMILES string of the molecule is COC(C)(OC)O[SiH2]CC(C)CS. The van der Waals surface area contributed by atoms with Crippen molar-refractivity contribution >= 4 is 22.4 Å². The molecule has 0 heterocycles. The molecule has 1 unspecified atom stereocenters. The van der Waals surface area contributed by atoms with Gasteiger partial charge >= 0.3 is 0 Å². The minimum atomic E-state index is -0.845. The molecule has 0 rings (SSSR count). The minimum absolute atomic E-state index is 0.572. The van der Waals surface area contributed by atoms with Gasteiger partial charge in [-0.2, -0.15) is 12.6 Å². The van der Waals surface area contributed by atoms with Crippen LogP contribution in [0.1, 0.15) is 13.8 Å². The second kappa shape index (κ2) is 6.84. The summed E-state index contributed by atoms with van der Waals surface area (Å²) in [6, 6.07) is 1.10. The minimum Gasteiger partial charge on any atom is -0.376 e. The maximum Gasteiger partial charge on any atom is 0.269 e. The monoisotopic (exact) mass is 224 g/mol. The normalized spacial score (nSPS) is 15.5. The molecule has 0 bridgehead atoms. The molecule has 0 aromatic rings. The first-order valence-corrected chi connectivity index (χ1v) is 6.64. The zero-order chi connectivity index (χ0) is 10.3. The fourth-order valence-corrected chi connectivity index (χ4v) is 2.59. The largest absolute Gasteiger partial charge is 0.376 e. The molecule has 0 saturated carbocycles. The number of hydrogen-bond donors (Lipinski definition) is 1. The average Bonchev–Trinajstić information content (AvgIpc) is 2.17. The van der Waals surface area contributed by atoms with E-state index in [0.29, 0.717) is 5.92 Å². The van der Waals surface area contributed by atoms with Crippen molar-refractivity contribution in [1.82, 2.24) is 0 Å². The van der Waals surface area contributed by atoms with Crippen LogP contribution in [-0.2, 0) is 13.9 Å². The molecule has 3 nitrogen and oxygen atoms in total. The molecule has 0 fully saturated rings. The first-order valence-electron chi connectivity index (χ1n) is 4.43. The molecule has 13 heavy (non-hydrogen) atoms. The second-order valence-electron chi connectivity index (χ2n) is 3.20. The Labute approximate surface area is 88.5 Å². The van der Waals surface area contributed by atoms with Gasteiger partial charge in [0.2, 0.25) is 0 Å². The van der Waals surface area contributed by atoms with Crippen LogP contribution in [0.4, 0.5) is 0 Å². The van der Waals surface area contributed by atoms with Gasteiger partial charge in [0.1, 0.15) is 0 Å². The fourth-order valence-electron chi connectivity index (χ4n) is 0.738. The van der Waals surface area contributed by atoms with Gasteiger partial charge in [0.25, 0.3) is 5.97 Å². The predicted molar refractivity (Wildman–Crippen MR) is 59.9 cm³/mol. The molecule has 1 atom stereocenters. The molecule has 0 N–H and O–H groups in total. The Morgan fingerprint density at radius 1 is 1.38 bits per heavy atom. The van der Waals surface area contributed by atoms with Crippen LogP contribution in [0.25, 0.3) is 0 Å². The van der Waals surface area contributed by atoms with Crippen molar-refractivity contribution in [3.8, 4) is 0 Å². The van der Waals surface area contributed by atoms with Crippen molar-refractivity contribution in [2.75, 3.05) is 20.0 Å². The number of thiol groups is 1. The summed E-state index contributed by atoms with van der Waals surface area (Å²) >= 11 is 4.21.